The molecule has 0 aromatic heterocycles. The molecular weight excluding hydrogens is 248 g/mol. The fourth-order valence-corrected chi connectivity index (χ4v) is 1.70. The number of nitrogens with one attached hydrogen (secondary N) is 1. The Hall–Kier alpha value is -1.38. The quantitative estimate of drug-likeness (QED) is 0.876. The first-order chi connectivity index (χ1) is 8.26. The molecule has 0 spiro atoms. The van der Waals surface area contributed by atoms with E-state index in [1.165, 1.54) is 6.26 Å². The third-order valence-corrected chi connectivity index (χ3v) is 5.12. The second-order valence-corrected chi connectivity index (χ2v) is 7.59. The second-order valence-electron chi connectivity index (χ2n) is 4.94. The molecule has 0 amide bonds. The SMILES string of the molecule is CC(C)(CNCc1ccc(C#N)cc1)S(C)(=O)=O. The highest BCUT2D eigenvalue weighted by Crippen LogP contribution is 2.13. The van der Waals surface area contributed by atoms with Crippen LogP contribution >= 0.6 is 0 Å². The number of benzene rings is 1. The molecule has 0 heterocycles. The van der Waals surface area contributed by atoms with E-state index < -0.39 is 14.6 Å². The monoisotopic (exact) mass is 266 g/mol. The van der Waals surface area contributed by atoms with Crippen molar-refractivity contribution in [2.45, 2.75) is 25.1 Å². The summed E-state index contributed by atoms with van der Waals surface area (Å²) in [5, 5.41) is 11.8. The highest BCUT2D eigenvalue weighted by atomic mass is 32.2. The van der Waals surface area contributed by atoms with Crippen LogP contribution < -0.4 is 5.32 Å². The first-order valence-electron chi connectivity index (χ1n) is 5.65. The third kappa shape index (κ3) is 3.83. The van der Waals surface area contributed by atoms with Crippen molar-refractivity contribution in [2.75, 3.05) is 12.8 Å². The molecule has 1 aromatic rings. The number of hydrogen-bond donors (Lipinski definition) is 1. The van der Waals surface area contributed by atoms with Gasteiger partial charge in [0.05, 0.1) is 16.4 Å². The summed E-state index contributed by atoms with van der Waals surface area (Å²) in [5.74, 6) is 0. The van der Waals surface area contributed by atoms with E-state index in [4.69, 9.17) is 5.26 Å². The van der Waals surface area contributed by atoms with Crippen molar-refractivity contribution in [3.05, 3.63) is 35.4 Å². The molecule has 0 radical (unpaired) electrons. The molecule has 18 heavy (non-hydrogen) atoms. The minimum Gasteiger partial charge on any atom is -0.311 e. The van der Waals surface area contributed by atoms with Crippen molar-refractivity contribution in [3.8, 4) is 6.07 Å². The topological polar surface area (TPSA) is 70.0 Å². The molecule has 0 saturated heterocycles. The summed E-state index contributed by atoms with van der Waals surface area (Å²) in [5.41, 5.74) is 1.65. The van der Waals surface area contributed by atoms with Gasteiger partial charge in [0.1, 0.15) is 0 Å². The molecule has 0 aliphatic heterocycles. The van der Waals surface area contributed by atoms with Gasteiger partial charge < -0.3 is 5.32 Å². The minimum absolute atomic E-state index is 0.395. The number of nitrogens with zero attached hydrogens (tertiary/aromatic N) is 1. The van der Waals surface area contributed by atoms with E-state index in [9.17, 15) is 8.42 Å². The van der Waals surface area contributed by atoms with Crippen molar-refractivity contribution < 1.29 is 8.42 Å². The van der Waals surface area contributed by atoms with Crippen LogP contribution in [0.3, 0.4) is 0 Å². The van der Waals surface area contributed by atoms with Crippen molar-refractivity contribution >= 4 is 9.84 Å². The van der Waals surface area contributed by atoms with Gasteiger partial charge in [-0.15, -0.1) is 0 Å². The molecule has 98 valence electrons. The van der Waals surface area contributed by atoms with Crippen LogP contribution in [-0.4, -0.2) is 26.0 Å². The van der Waals surface area contributed by atoms with Crippen LogP contribution in [0.25, 0.3) is 0 Å². The Morgan fingerprint density at radius 1 is 1.28 bits per heavy atom. The normalized spacial score (nSPS) is 12.1. The van der Waals surface area contributed by atoms with E-state index in [1.807, 2.05) is 12.1 Å². The van der Waals surface area contributed by atoms with Gasteiger partial charge in [-0.25, -0.2) is 8.42 Å². The highest BCUT2D eigenvalue weighted by molar-refractivity contribution is 7.92. The molecule has 0 aliphatic carbocycles. The molecule has 0 unspecified atom stereocenters. The van der Waals surface area contributed by atoms with Crippen LogP contribution in [0, 0.1) is 11.3 Å². The van der Waals surface area contributed by atoms with Gasteiger partial charge in [-0.1, -0.05) is 12.1 Å². The lowest BCUT2D eigenvalue weighted by Gasteiger charge is -2.22. The summed E-state index contributed by atoms with van der Waals surface area (Å²) >= 11 is 0. The maximum absolute atomic E-state index is 11.5. The van der Waals surface area contributed by atoms with Gasteiger partial charge >= 0.3 is 0 Å². The molecule has 0 aliphatic rings. The van der Waals surface area contributed by atoms with Gasteiger partial charge in [0.25, 0.3) is 0 Å². The number of rotatable bonds is 5. The Morgan fingerprint density at radius 3 is 2.28 bits per heavy atom. The Kier molecular flexibility index (Phi) is 4.49. The van der Waals surface area contributed by atoms with E-state index in [0.29, 0.717) is 18.7 Å². The summed E-state index contributed by atoms with van der Waals surface area (Å²) in [7, 11) is -3.07. The van der Waals surface area contributed by atoms with E-state index in [2.05, 4.69) is 11.4 Å². The first kappa shape index (κ1) is 14.7. The van der Waals surface area contributed by atoms with E-state index in [-0.39, 0.29) is 0 Å². The largest absolute Gasteiger partial charge is 0.311 e. The van der Waals surface area contributed by atoms with Gasteiger partial charge in [0.2, 0.25) is 0 Å². The fourth-order valence-electron chi connectivity index (χ4n) is 1.34. The van der Waals surface area contributed by atoms with Crippen molar-refractivity contribution in [3.63, 3.8) is 0 Å². The Balaban J connectivity index is 2.54. The van der Waals surface area contributed by atoms with Crippen molar-refractivity contribution in [2.24, 2.45) is 0 Å². The van der Waals surface area contributed by atoms with Crippen molar-refractivity contribution in [1.82, 2.24) is 5.32 Å². The summed E-state index contributed by atoms with van der Waals surface area (Å²) in [6, 6.07) is 9.27. The maximum atomic E-state index is 11.5. The smallest absolute Gasteiger partial charge is 0.153 e. The molecule has 1 rings (SSSR count). The third-order valence-electron chi connectivity index (χ3n) is 2.97. The van der Waals surface area contributed by atoms with E-state index in [0.717, 1.165) is 5.56 Å². The van der Waals surface area contributed by atoms with Crippen LogP contribution in [-0.2, 0) is 16.4 Å². The minimum atomic E-state index is -3.07. The molecule has 0 bridgehead atoms. The summed E-state index contributed by atoms with van der Waals surface area (Å²) in [4.78, 5) is 0. The zero-order valence-electron chi connectivity index (χ0n) is 10.9. The van der Waals surface area contributed by atoms with Gasteiger partial charge in [0.15, 0.2) is 9.84 Å². The van der Waals surface area contributed by atoms with Gasteiger partial charge in [-0.05, 0) is 31.5 Å². The average Bonchev–Trinajstić information content (AvgIpc) is 2.28. The lowest BCUT2D eigenvalue weighted by Crippen LogP contribution is -2.41. The molecule has 5 heteroatoms. The summed E-state index contributed by atoms with van der Waals surface area (Å²) in [6.45, 7) is 4.39. The molecular formula is C13H18N2O2S. The number of nitriles is 1. The summed E-state index contributed by atoms with van der Waals surface area (Å²) in [6.07, 6.45) is 1.25. The molecule has 1 aromatic carbocycles. The molecule has 0 atom stereocenters. The Bertz CT molecular complexity index is 539. The summed E-state index contributed by atoms with van der Waals surface area (Å²) < 4.78 is 22.2. The van der Waals surface area contributed by atoms with Gasteiger partial charge in [-0.2, -0.15) is 5.26 Å². The zero-order chi connectivity index (χ0) is 13.8. The van der Waals surface area contributed by atoms with Crippen LogP contribution in [0.1, 0.15) is 25.0 Å². The van der Waals surface area contributed by atoms with E-state index >= 15 is 0 Å². The predicted octanol–water partition coefficient (Wildman–Crippen LogP) is 1.47. The molecule has 4 nitrogen and oxygen atoms in total. The Morgan fingerprint density at radius 2 is 1.83 bits per heavy atom. The van der Waals surface area contributed by atoms with Gasteiger partial charge in [0, 0.05) is 19.3 Å². The second kappa shape index (κ2) is 5.51. The Labute approximate surface area is 109 Å². The zero-order valence-corrected chi connectivity index (χ0v) is 11.7. The molecule has 0 fully saturated rings. The fraction of sp³-hybridized carbons (Fsp3) is 0.462. The van der Waals surface area contributed by atoms with Crippen LogP contribution in [0.4, 0.5) is 0 Å². The highest BCUT2D eigenvalue weighted by Gasteiger charge is 2.29. The first-order valence-corrected chi connectivity index (χ1v) is 7.55. The average molecular weight is 266 g/mol. The number of hydrogen-bond acceptors (Lipinski definition) is 4. The standard InChI is InChI=1S/C13H18N2O2S/c1-13(2,18(3,16)17)10-15-9-12-6-4-11(8-14)5-7-12/h4-7,15H,9-10H2,1-3H3. The predicted molar refractivity (Wildman–Crippen MR) is 71.8 cm³/mol. The molecule has 0 saturated carbocycles. The van der Waals surface area contributed by atoms with E-state index in [1.54, 1.807) is 26.0 Å². The van der Waals surface area contributed by atoms with Crippen LogP contribution in [0.5, 0.6) is 0 Å². The molecule has 1 N–H and O–H groups in total. The number of sulfone groups is 1. The van der Waals surface area contributed by atoms with Crippen molar-refractivity contribution in [1.29, 1.82) is 5.26 Å². The van der Waals surface area contributed by atoms with Gasteiger partial charge in [-0.3, -0.25) is 0 Å². The maximum Gasteiger partial charge on any atom is 0.153 e. The van der Waals surface area contributed by atoms with Crippen LogP contribution in [0.15, 0.2) is 24.3 Å². The lowest BCUT2D eigenvalue weighted by atomic mass is 10.1. The van der Waals surface area contributed by atoms with Crippen LogP contribution in [0.2, 0.25) is 0 Å². The lowest BCUT2D eigenvalue weighted by molar-refractivity contribution is 0.521.